The van der Waals surface area contributed by atoms with Crippen LogP contribution in [0.15, 0.2) is 17.0 Å². The molecule has 0 radical (unpaired) electrons. The number of rotatable bonds is 3. The molecule has 2 atom stereocenters. The fourth-order valence-electron chi connectivity index (χ4n) is 2.75. The van der Waals surface area contributed by atoms with Gasteiger partial charge in [-0.15, -0.1) is 0 Å². The van der Waals surface area contributed by atoms with Crippen molar-refractivity contribution >= 4 is 33.2 Å². The molecule has 2 unspecified atom stereocenters. The van der Waals surface area contributed by atoms with Crippen LogP contribution in [0.1, 0.15) is 19.8 Å². The van der Waals surface area contributed by atoms with Gasteiger partial charge in [0.05, 0.1) is 10.0 Å². The third-order valence-electron chi connectivity index (χ3n) is 3.84. The number of hydrogen-bond donors (Lipinski definition) is 1. The van der Waals surface area contributed by atoms with Crippen LogP contribution in [-0.4, -0.2) is 31.9 Å². The minimum Gasteiger partial charge on any atom is -0.329 e. The summed E-state index contributed by atoms with van der Waals surface area (Å²) in [6.07, 6.45) is 1.66. The Bertz CT molecular complexity index is 616. The van der Waals surface area contributed by atoms with Gasteiger partial charge < -0.3 is 5.73 Å². The average Bonchev–Trinajstić information content (AvgIpc) is 2.36. The van der Waals surface area contributed by atoms with Crippen molar-refractivity contribution in [2.24, 2.45) is 11.7 Å². The summed E-state index contributed by atoms with van der Waals surface area (Å²) in [5.74, 6) is -0.525. The highest BCUT2D eigenvalue weighted by Crippen LogP contribution is 2.36. The van der Waals surface area contributed by atoms with Crippen molar-refractivity contribution in [3.63, 3.8) is 0 Å². The maximum Gasteiger partial charge on any atom is 0.246 e. The molecule has 0 aromatic heterocycles. The van der Waals surface area contributed by atoms with Gasteiger partial charge in [0.1, 0.15) is 10.7 Å². The van der Waals surface area contributed by atoms with E-state index in [0.717, 1.165) is 25.0 Å². The lowest BCUT2D eigenvalue weighted by molar-refractivity contribution is 0.192. The van der Waals surface area contributed by atoms with Gasteiger partial charge in [-0.25, -0.2) is 12.8 Å². The van der Waals surface area contributed by atoms with Crippen LogP contribution >= 0.6 is 23.2 Å². The molecule has 1 heterocycles. The highest BCUT2D eigenvalue weighted by Gasteiger charge is 2.38. The first-order chi connectivity index (χ1) is 9.78. The fourth-order valence-corrected chi connectivity index (χ4v) is 5.66. The molecular formula is C13H17Cl2FN2O2S. The molecule has 4 nitrogen and oxygen atoms in total. The van der Waals surface area contributed by atoms with E-state index in [2.05, 4.69) is 0 Å². The Hall–Kier alpha value is -0.400. The molecule has 0 amide bonds. The van der Waals surface area contributed by atoms with Gasteiger partial charge >= 0.3 is 0 Å². The van der Waals surface area contributed by atoms with Crippen molar-refractivity contribution in [1.82, 2.24) is 4.31 Å². The third kappa shape index (κ3) is 3.19. The maximum absolute atomic E-state index is 13.2. The Kier molecular flexibility index (Phi) is 5.15. The predicted octanol–water partition coefficient (Wildman–Crippen LogP) is 2.88. The van der Waals surface area contributed by atoms with Crippen molar-refractivity contribution in [2.45, 2.75) is 30.7 Å². The summed E-state index contributed by atoms with van der Waals surface area (Å²) in [4.78, 5) is -0.250. The number of piperidine rings is 1. The molecule has 1 fully saturated rings. The minimum absolute atomic E-state index is 0.150. The first-order valence-corrected chi connectivity index (χ1v) is 8.85. The van der Waals surface area contributed by atoms with Gasteiger partial charge in [-0.3, -0.25) is 0 Å². The van der Waals surface area contributed by atoms with Crippen molar-refractivity contribution in [1.29, 1.82) is 0 Å². The van der Waals surface area contributed by atoms with Crippen LogP contribution in [0.25, 0.3) is 0 Å². The lowest BCUT2D eigenvalue weighted by Gasteiger charge is -2.38. The summed E-state index contributed by atoms with van der Waals surface area (Å²) in [6, 6.07) is 1.59. The van der Waals surface area contributed by atoms with Gasteiger partial charge in [0.15, 0.2) is 0 Å². The predicted molar refractivity (Wildman–Crippen MR) is 81.6 cm³/mol. The molecule has 118 valence electrons. The number of benzene rings is 1. The smallest absolute Gasteiger partial charge is 0.246 e. The van der Waals surface area contributed by atoms with E-state index in [4.69, 9.17) is 28.9 Å². The van der Waals surface area contributed by atoms with Gasteiger partial charge in [0, 0.05) is 19.1 Å². The summed E-state index contributed by atoms with van der Waals surface area (Å²) < 4.78 is 40.3. The van der Waals surface area contributed by atoms with Crippen molar-refractivity contribution in [3.8, 4) is 0 Å². The summed E-state index contributed by atoms with van der Waals surface area (Å²) >= 11 is 11.8. The maximum atomic E-state index is 13.2. The molecule has 1 aliphatic rings. The Morgan fingerprint density at radius 1 is 1.38 bits per heavy atom. The van der Waals surface area contributed by atoms with Gasteiger partial charge in [-0.1, -0.05) is 30.1 Å². The summed E-state index contributed by atoms with van der Waals surface area (Å²) in [7, 11) is -3.91. The van der Waals surface area contributed by atoms with Gasteiger partial charge in [-0.05, 0) is 30.9 Å². The molecule has 1 aliphatic heterocycles. The Morgan fingerprint density at radius 2 is 1.95 bits per heavy atom. The minimum atomic E-state index is -3.91. The quantitative estimate of drug-likeness (QED) is 0.907. The molecule has 2 rings (SSSR count). The van der Waals surface area contributed by atoms with E-state index in [1.165, 1.54) is 4.31 Å². The van der Waals surface area contributed by atoms with Crippen LogP contribution in [-0.2, 0) is 10.0 Å². The third-order valence-corrected chi connectivity index (χ3v) is 6.68. The van der Waals surface area contributed by atoms with E-state index < -0.39 is 15.8 Å². The molecule has 1 aromatic rings. The molecular weight excluding hydrogens is 338 g/mol. The molecule has 0 aliphatic carbocycles. The lowest BCUT2D eigenvalue weighted by atomic mass is 9.93. The van der Waals surface area contributed by atoms with E-state index in [0.29, 0.717) is 6.54 Å². The fraction of sp³-hybridized carbons (Fsp3) is 0.538. The van der Waals surface area contributed by atoms with Crippen LogP contribution < -0.4 is 5.73 Å². The largest absolute Gasteiger partial charge is 0.329 e. The monoisotopic (exact) mass is 354 g/mol. The van der Waals surface area contributed by atoms with E-state index in [1.807, 2.05) is 6.92 Å². The van der Waals surface area contributed by atoms with Crippen LogP contribution in [0.4, 0.5) is 4.39 Å². The average molecular weight is 355 g/mol. The number of nitrogens with two attached hydrogens (primary N) is 1. The molecule has 21 heavy (non-hydrogen) atoms. The van der Waals surface area contributed by atoms with E-state index >= 15 is 0 Å². The van der Waals surface area contributed by atoms with E-state index in [-0.39, 0.29) is 33.4 Å². The first kappa shape index (κ1) is 17.0. The van der Waals surface area contributed by atoms with Crippen LogP contribution in [0.5, 0.6) is 0 Å². The number of sulfonamides is 1. The number of hydrogen-bond acceptors (Lipinski definition) is 3. The van der Waals surface area contributed by atoms with Gasteiger partial charge in [-0.2, -0.15) is 4.31 Å². The Labute approximate surface area is 134 Å². The second kappa shape index (κ2) is 6.38. The normalized spacial score (nSPS) is 24.2. The Morgan fingerprint density at radius 3 is 2.48 bits per heavy atom. The molecule has 0 spiro atoms. The van der Waals surface area contributed by atoms with E-state index in [1.54, 1.807) is 0 Å². The van der Waals surface area contributed by atoms with Crippen LogP contribution in [0, 0.1) is 11.7 Å². The first-order valence-electron chi connectivity index (χ1n) is 6.65. The number of nitrogens with zero attached hydrogens (tertiary/aromatic N) is 1. The zero-order valence-corrected chi connectivity index (χ0v) is 13.8. The zero-order valence-electron chi connectivity index (χ0n) is 11.5. The second-order valence-corrected chi connectivity index (χ2v) is 7.88. The summed E-state index contributed by atoms with van der Waals surface area (Å²) in [5.41, 5.74) is 5.73. The summed E-state index contributed by atoms with van der Waals surface area (Å²) in [5, 5.41) is -0.428. The number of halogens is 3. The highest BCUT2D eigenvalue weighted by molar-refractivity contribution is 7.89. The van der Waals surface area contributed by atoms with Crippen LogP contribution in [0.3, 0.4) is 0 Å². The Balaban J connectivity index is 2.51. The van der Waals surface area contributed by atoms with Crippen LogP contribution in [0.2, 0.25) is 10.0 Å². The molecule has 2 N–H and O–H groups in total. The molecule has 1 aromatic carbocycles. The molecule has 1 saturated heterocycles. The van der Waals surface area contributed by atoms with Crippen molar-refractivity contribution < 1.29 is 12.8 Å². The van der Waals surface area contributed by atoms with E-state index in [9.17, 15) is 12.8 Å². The standard InChI is InChI=1S/C13H17Cl2FN2O2S/c1-8-3-2-4-18(12(8)7-17)21(19,20)13-10(14)5-9(16)6-11(13)15/h5-6,8,12H,2-4,7,17H2,1H3. The molecule has 0 saturated carbocycles. The van der Waals surface area contributed by atoms with Gasteiger partial charge in [0.2, 0.25) is 10.0 Å². The second-order valence-electron chi connectivity index (χ2n) is 5.24. The molecule has 0 bridgehead atoms. The topological polar surface area (TPSA) is 63.4 Å². The molecule has 8 heteroatoms. The summed E-state index contributed by atoms with van der Waals surface area (Å²) in [6.45, 7) is 2.54. The van der Waals surface area contributed by atoms with Crippen molar-refractivity contribution in [3.05, 3.63) is 28.0 Å². The highest BCUT2D eigenvalue weighted by atomic mass is 35.5. The van der Waals surface area contributed by atoms with Crippen molar-refractivity contribution in [2.75, 3.05) is 13.1 Å². The van der Waals surface area contributed by atoms with Gasteiger partial charge in [0.25, 0.3) is 0 Å². The SMILES string of the molecule is CC1CCCN(S(=O)(=O)c2c(Cl)cc(F)cc2Cl)C1CN. The zero-order chi connectivity index (χ0) is 15.8. The lowest BCUT2D eigenvalue weighted by Crippen LogP contribution is -2.51.